The van der Waals surface area contributed by atoms with Crippen molar-refractivity contribution in [3.8, 4) is 0 Å². The predicted molar refractivity (Wildman–Crippen MR) is 62.9 cm³/mol. The van der Waals surface area contributed by atoms with E-state index in [-0.39, 0.29) is 0 Å². The molecule has 0 saturated heterocycles. The van der Waals surface area contributed by atoms with E-state index >= 15 is 0 Å². The number of hydrogen-bond acceptors (Lipinski definition) is 1. The van der Waals surface area contributed by atoms with Crippen LogP contribution in [-0.2, 0) is 0 Å². The van der Waals surface area contributed by atoms with Crippen molar-refractivity contribution in [2.45, 2.75) is 37.6 Å². The van der Waals surface area contributed by atoms with Gasteiger partial charge in [0.25, 0.3) is 0 Å². The van der Waals surface area contributed by atoms with Gasteiger partial charge in [-0.15, -0.1) is 0 Å². The van der Waals surface area contributed by atoms with Gasteiger partial charge in [-0.2, -0.15) is 0 Å². The second-order valence-electron chi connectivity index (χ2n) is 5.13. The second-order valence-corrected chi connectivity index (χ2v) is 5.13. The number of hydrogen-bond donors (Lipinski definition) is 1. The predicted octanol–water partition coefficient (Wildman–Crippen LogP) is 2.93. The van der Waals surface area contributed by atoms with Crippen LogP contribution in [0, 0.1) is 5.92 Å². The Morgan fingerprint density at radius 2 is 1.80 bits per heavy atom. The normalized spacial score (nSPS) is 29.9. The van der Waals surface area contributed by atoms with Crippen molar-refractivity contribution in [3.05, 3.63) is 35.9 Å². The van der Waals surface area contributed by atoms with Crippen LogP contribution >= 0.6 is 0 Å². The summed E-state index contributed by atoms with van der Waals surface area (Å²) in [5.74, 6) is 1.79. The number of nitrogens with one attached hydrogen (secondary N) is 1. The fraction of sp³-hybridized carbons (Fsp3) is 0.571. The lowest BCUT2D eigenvalue weighted by atomic mass is 9.71. The van der Waals surface area contributed by atoms with E-state index < -0.39 is 0 Å². The van der Waals surface area contributed by atoms with Gasteiger partial charge >= 0.3 is 0 Å². The third-order valence-corrected chi connectivity index (χ3v) is 3.78. The second kappa shape index (κ2) is 3.97. The van der Waals surface area contributed by atoms with Crippen molar-refractivity contribution in [1.82, 2.24) is 5.32 Å². The Bertz CT molecular complexity index is 309. The molecular formula is C14H19N. The smallest absolute Gasteiger partial charge is 0.00683 e. The van der Waals surface area contributed by atoms with Gasteiger partial charge in [-0.1, -0.05) is 30.3 Å². The molecule has 0 unspecified atom stereocenters. The summed E-state index contributed by atoms with van der Waals surface area (Å²) in [6.07, 6.45) is 5.61. The molecule has 1 heteroatoms. The first-order valence-corrected chi connectivity index (χ1v) is 6.20. The highest BCUT2D eigenvalue weighted by Crippen LogP contribution is 2.41. The van der Waals surface area contributed by atoms with E-state index in [0.29, 0.717) is 0 Å². The minimum Gasteiger partial charge on any atom is -0.314 e. The highest BCUT2D eigenvalue weighted by molar-refractivity contribution is 5.21. The Balaban J connectivity index is 1.45. The van der Waals surface area contributed by atoms with Gasteiger partial charge in [-0.25, -0.2) is 0 Å². The lowest BCUT2D eigenvalue weighted by Gasteiger charge is -2.36. The van der Waals surface area contributed by atoms with Crippen molar-refractivity contribution in [2.24, 2.45) is 5.92 Å². The molecule has 1 aromatic rings. The van der Waals surface area contributed by atoms with Gasteiger partial charge in [0, 0.05) is 6.04 Å². The first-order chi connectivity index (χ1) is 7.42. The Kier molecular flexibility index (Phi) is 2.49. The molecule has 1 aromatic carbocycles. The summed E-state index contributed by atoms with van der Waals surface area (Å²) in [4.78, 5) is 0. The number of benzene rings is 1. The Hall–Kier alpha value is -0.820. The average Bonchev–Trinajstić information content (AvgIpc) is 3.01. The molecule has 1 N–H and O–H groups in total. The molecule has 2 aliphatic carbocycles. The van der Waals surface area contributed by atoms with Crippen molar-refractivity contribution < 1.29 is 0 Å². The van der Waals surface area contributed by atoms with Gasteiger partial charge in [0.05, 0.1) is 0 Å². The Labute approximate surface area is 91.9 Å². The molecule has 2 fully saturated rings. The third-order valence-electron chi connectivity index (χ3n) is 3.78. The topological polar surface area (TPSA) is 12.0 Å². The monoisotopic (exact) mass is 201 g/mol. The Morgan fingerprint density at radius 1 is 1.07 bits per heavy atom. The van der Waals surface area contributed by atoms with Crippen LogP contribution in [0.3, 0.4) is 0 Å². The van der Waals surface area contributed by atoms with Gasteiger partial charge in [0.2, 0.25) is 0 Å². The molecule has 0 aromatic heterocycles. The van der Waals surface area contributed by atoms with Crippen molar-refractivity contribution in [2.75, 3.05) is 6.54 Å². The summed E-state index contributed by atoms with van der Waals surface area (Å²) in [5, 5.41) is 3.63. The van der Waals surface area contributed by atoms with Crippen LogP contribution in [0.2, 0.25) is 0 Å². The van der Waals surface area contributed by atoms with Gasteiger partial charge in [-0.05, 0) is 49.6 Å². The first-order valence-electron chi connectivity index (χ1n) is 6.20. The largest absolute Gasteiger partial charge is 0.314 e. The molecule has 1 nitrogen and oxygen atoms in total. The summed E-state index contributed by atoms with van der Waals surface area (Å²) >= 11 is 0. The fourth-order valence-electron chi connectivity index (χ4n) is 2.52. The van der Waals surface area contributed by atoms with Gasteiger partial charge < -0.3 is 5.32 Å². The minimum atomic E-state index is 0.845. The van der Waals surface area contributed by atoms with Crippen LogP contribution in [0.5, 0.6) is 0 Å². The first kappa shape index (κ1) is 9.41. The van der Waals surface area contributed by atoms with E-state index in [2.05, 4.69) is 35.6 Å². The van der Waals surface area contributed by atoms with E-state index in [4.69, 9.17) is 0 Å². The highest BCUT2D eigenvalue weighted by Gasteiger charge is 2.31. The molecular weight excluding hydrogens is 182 g/mol. The maximum absolute atomic E-state index is 3.63. The van der Waals surface area contributed by atoms with Crippen molar-refractivity contribution in [3.63, 3.8) is 0 Å². The molecule has 0 amide bonds. The van der Waals surface area contributed by atoms with E-state index in [9.17, 15) is 0 Å². The summed E-state index contributed by atoms with van der Waals surface area (Å²) in [5.41, 5.74) is 1.54. The SMILES string of the molecule is c1ccc(C2CC(CNC3CC3)C2)cc1. The van der Waals surface area contributed by atoms with E-state index in [0.717, 1.165) is 17.9 Å². The zero-order chi connectivity index (χ0) is 10.1. The molecule has 2 saturated carbocycles. The minimum absolute atomic E-state index is 0.845. The van der Waals surface area contributed by atoms with Crippen LogP contribution in [0.15, 0.2) is 30.3 Å². The van der Waals surface area contributed by atoms with Gasteiger partial charge in [-0.3, -0.25) is 0 Å². The quantitative estimate of drug-likeness (QED) is 0.789. The zero-order valence-electron chi connectivity index (χ0n) is 9.15. The number of rotatable bonds is 4. The lowest BCUT2D eigenvalue weighted by molar-refractivity contribution is 0.254. The zero-order valence-corrected chi connectivity index (χ0v) is 9.15. The molecule has 3 rings (SSSR count). The summed E-state index contributed by atoms with van der Waals surface area (Å²) in [7, 11) is 0. The van der Waals surface area contributed by atoms with Crippen molar-refractivity contribution in [1.29, 1.82) is 0 Å². The summed E-state index contributed by atoms with van der Waals surface area (Å²) < 4.78 is 0. The van der Waals surface area contributed by atoms with Crippen LogP contribution in [0.4, 0.5) is 0 Å². The molecule has 15 heavy (non-hydrogen) atoms. The molecule has 80 valence electrons. The summed E-state index contributed by atoms with van der Waals surface area (Å²) in [6, 6.07) is 11.8. The Morgan fingerprint density at radius 3 is 2.47 bits per heavy atom. The molecule has 0 atom stereocenters. The van der Waals surface area contributed by atoms with Crippen LogP contribution in [-0.4, -0.2) is 12.6 Å². The van der Waals surface area contributed by atoms with Crippen LogP contribution in [0.25, 0.3) is 0 Å². The third kappa shape index (κ3) is 2.23. The molecule has 0 aliphatic heterocycles. The maximum Gasteiger partial charge on any atom is 0.00683 e. The fourth-order valence-corrected chi connectivity index (χ4v) is 2.52. The molecule has 0 bridgehead atoms. The van der Waals surface area contributed by atoms with Gasteiger partial charge in [0.15, 0.2) is 0 Å². The van der Waals surface area contributed by atoms with Crippen LogP contribution in [0.1, 0.15) is 37.2 Å². The molecule has 0 spiro atoms. The average molecular weight is 201 g/mol. The lowest BCUT2D eigenvalue weighted by Crippen LogP contribution is -2.33. The van der Waals surface area contributed by atoms with E-state index in [1.54, 1.807) is 5.56 Å². The summed E-state index contributed by atoms with van der Waals surface area (Å²) in [6.45, 7) is 1.26. The molecule has 0 heterocycles. The molecule has 2 aliphatic rings. The molecule has 0 radical (unpaired) electrons. The van der Waals surface area contributed by atoms with E-state index in [1.807, 2.05) is 0 Å². The van der Waals surface area contributed by atoms with Gasteiger partial charge in [0.1, 0.15) is 0 Å². The maximum atomic E-state index is 3.63. The standard InChI is InChI=1S/C14H19N/c1-2-4-12(5-3-1)13-8-11(9-13)10-15-14-6-7-14/h1-5,11,13-15H,6-10H2. The highest BCUT2D eigenvalue weighted by atomic mass is 14.9. The van der Waals surface area contributed by atoms with Crippen LogP contribution < -0.4 is 5.32 Å². The van der Waals surface area contributed by atoms with E-state index in [1.165, 1.54) is 32.2 Å². The van der Waals surface area contributed by atoms with Crippen molar-refractivity contribution >= 4 is 0 Å².